The zero-order valence-electron chi connectivity index (χ0n) is 9.77. The molecule has 1 aromatic heterocycles. The number of aliphatic hydroxyl groups is 1. The first-order valence-corrected chi connectivity index (χ1v) is 5.57. The second-order valence-electron chi connectivity index (χ2n) is 4.28. The molecule has 3 nitrogen and oxygen atoms in total. The Kier molecular flexibility index (Phi) is 2.99. The van der Waals surface area contributed by atoms with Gasteiger partial charge in [-0.2, -0.15) is 0 Å². The van der Waals surface area contributed by atoms with Crippen LogP contribution in [0.1, 0.15) is 23.8 Å². The van der Waals surface area contributed by atoms with E-state index in [0.717, 1.165) is 11.2 Å². The maximum absolute atomic E-state index is 9.97. The van der Waals surface area contributed by atoms with Crippen molar-refractivity contribution in [1.82, 2.24) is 4.57 Å². The van der Waals surface area contributed by atoms with E-state index in [9.17, 15) is 5.11 Å². The summed E-state index contributed by atoms with van der Waals surface area (Å²) in [6.07, 6.45) is 0.131. The fourth-order valence-electron chi connectivity index (χ4n) is 2.12. The number of fused-ring (bicyclic) bond motifs is 1. The molecule has 1 unspecified atom stereocenters. The van der Waals surface area contributed by atoms with Gasteiger partial charge in [0.25, 0.3) is 0 Å². The first-order chi connectivity index (χ1) is 7.63. The third kappa shape index (κ3) is 1.84. The standard InChI is InChI=1S/C13H18N2O/c1-9-3-4-11-10(7-9)8-12(15(11)2)13(16)5-6-14/h3-4,7-8,13,16H,5-6,14H2,1-2H3. The molecule has 3 heteroatoms. The van der Waals surface area contributed by atoms with Crippen LogP contribution >= 0.6 is 0 Å². The van der Waals surface area contributed by atoms with Gasteiger partial charge in [0.1, 0.15) is 0 Å². The predicted molar refractivity (Wildman–Crippen MR) is 66.3 cm³/mol. The molecule has 86 valence electrons. The normalized spacial score (nSPS) is 13.2. The molecule has 0 aliphatic carbocycles. The van der Waals surface area contributed by atoms with Crippen molar-refractivity contribution < 1.29 is 5.11 Å². The molecule has 0 aliphatic rings. The minimum atomic E-state index is -0.470. The van der Waals surface area contributed by atoms with Gasteiger partial charge in [-0.05, 0) is 38.1 Å². The Morgan fingerprint density at radius 2 is 2.12 bits per heavy atom. The van der Waals surface area contributed by atoms with Crippen LogP contribution in [0, 0.1) is 6.92 Å². The second-order valence-corrected chi connectivity index (χ2v) is 4.28. The first kappa shape index (κ1) is 11.2. The number of hydrogen-bond acceptors (Lipinski definition) is 2. The fourth-order valence-corrected chi connectivity index (χ4v) is 2.12. The van der Waals surface area contributed by atoms with E-state index in [1.165, 1.54) is 10.9 Å². The average molecular weight is 218 g/mol. The van der Waals surface area contributed by atoms with E-state index in [0.29, 0.717) is 13.0 Å². The molecule has 1 heterocycles. The molecule has 0 radical (unpaired) electrons. The predicted octanol–water partition coefficient (Wildman–Crippen LogP) is 1.87. The van der Waals surface area contributed by atoms with Gasteiger partial charge < -0.3 is 15.4 Å². The van der Waals surface area contributed by atoms with Crippen molar-refractivity contribution in [3.63, 3.8) is 0 Å². The maximum Gasteiger partial charge on any atom is 0.0952 e. The number of hydrogen-bond donors (Lipinski definition) is 2. The summed E-state index contributed by atoms with van der Waals surface area (Å²) < 4.78 is 2.04. The first-order valence-electron chi connectivity index (χ1n) is 5.57. The molecular formula is C13H18N2O. The van der Waals surface area contributed by atoms with Gasteiger partial charge in [-0.15, -0.1) is 0 Å². The molecule has 1 aromatic carbocycles. The fraction of sp³-hybridized carbons (Fsp3) is 0.385. The lowest BCUT2D eigenvalue weighted by molar-refractivity contribution is 0.162. The highest BCUT2D eigenvalue weighted by Crippen LogP contribution is 2.25. The van der Waals surface area contributed by atoms with Crippen LogP contribution in [0.2, 0.25) is 0 Å². The Hall–Kier alpha value is -1.32. The summed E-state index contributed by atoms with van der Waals surface area (Å²) in [6.45, 7) is 2.57. The molecule has 16 heavy (non-hydrogen) atoms. The summed E-state index contributed by atoms with van der Waals surface area (Å²) in [5.74, 6) is 0. The van der Waals surface area contributed by atoms with Crippen LogP contribution in [0.4, 0.5) is 0 Å². The van der Waals surface area contributed by atoms with Crippen molar-refractivity contribution in [3.8, 4) is 0 Å². The van der Waals surface area contributed by atoms with Gasteiger partial charge in [-0.1, -0.05) is 11.6 Å². The molecule has 0 bridgehead atoms. The Morgan fingerprint density at radius 3 is 2.81 bits per heavy atom. The van der Waals surface area contributed by atoms with Gasteiger partial charge in [-0.25, -0.2) is 0 Å². The topological polar surface area (TPSA) is 51.2 Å². The number of nitrogens with two attached hydrogens (primary N) is 1. The smallest absolute Gasteiger partial charge is 0.0952 e. The number of rotatable bonds is 3. The molecule has 2 aromatic rings. The zero-order valence-corrected chi connectivity index (χ0v) is 9.77. The van der Waals surface area contributed by atoms with Crippen molar-refractivity contribution in [2.75, 3.05) is 6.54 Å². The van der Waals surface area contributed by atoms with Crippen molar-refractivity contribution >= 4 is 10.9 Å². The highest BCUT2D eigenvalue weighted by atomic mass is 16.3. The minimum absolute atomic E-state index is 0.470. The summed E-state index contributed by atoms with van der Waals surface area (Å²) in [4.78, 5) is 0. The highest BCUT2D eigenvalue weighted by Gasteiger charge is 2.13. The van der Waals surface area contributed by atoms with E-state index >= 15 is 0 Å². The number of nitrogens with zero attached hydrogens (tertiary/aromatic N) is 1. The van der Waals surface area contributed by atoms with Crippen molar-refractivity contribution in [2.45, 2.75) is 19.4 Å². The van der Waals surface area contributed by atoms with Crippen LogP contribution in [0.25, 0.3) is 10.9 Å². The Morgan fingerprint density at radius 1 is 1.38 bits per heavy atom. The SMILES string of the molecule is Cc1ccc2c(c1)cc(C(O)CCN)n2C. The number of aromatic nitrogens is 1. The van der Waals surface area contributed by atoms with Crippen LogP contribution in [0.3, 0.4) is 0 Å². The molecule has 0 saturated carbocycles. The lowest BCUT2D eigenvalue weighted by Gasteiger charge is -2.10. The van der Waals surface area contributed by atoms with E-state index in [1.807, 2.05) is 17.7 Å². The van der Waals surface area contributed by atoms with Gasteiger partial charge in [0.05, 0.1) is 6.10 Å². The maximum atomic E-state index is 9.97. The summed E-state index contributed by atoms with van der Waals surface area (Å²) >= 11 is 0. The lowest BCUT2D eigenvalue weighted by Crippen LogP contribution is -2.09. The monoisotopic (exact) mass is 218 g/mol. The zero-order chi connectivity index (χ0) is 11.7. The summed E-state index contributed by atoms with van der Waals surface area (Å²) in [5.41, 5.74) is 8.79. The molecule has 2 rings (SSSR count). The van der Waals surface area contributed by atoms with Gasteiger partial charge in [-0.3, -0.25) is 0 Å². The molecule has 0 saturated heterocycles. The van der Waals surface area contributed by atoms with Crippen LogP contribution < -0.4 is 5.73 Å². The largest absolute Gasteiger partial charge is 0.387 e. The summed E-state index contributed by atoms with van der Waals surface area (Å²) in [6, 6.07) is 8.35. The van der Waals surface area contributed by atoms with Gasteiger partial charge in [0, 0.05) is 23.6 Å². The van der Waals surface area contributed by atoms with Gasteiger partial charge in [0.2, 0.25) is 0 Å². The quantitative estimate of drug-likeness (QED) is 0.826. The van der Waals surface area contributed by atoms with Crippen LogP contribution in [-0.4, -0.2) is 16.2 Å². The highest BCUT2D eigenvalue weighted by molar-refractivity contribution is 5.82. The summed E-state index contributed by atoms with van der Waals surface area (Å²) in [5, 5.41) is 11.1. The second kappa shape index (κ2) is 4.28. The van der Waals surface area contributed by atoms with E-state index in [4.69, 9.17) is 5.73 Å². The third-order valence-electron chi connectivity index (χ3n) is 3.02. The van der Waals surface area contributed by atoms with Crippen molar-refractivity contribution in [3.05, 3.63) is 35.5 Å². The van der Waals surface area contributed by atoms with E-state index < -0.39 is 6.10 Å². The molecule has 0 aliphatic heterocycles. The van der Waals surface area contributed by atoms with Crippen LogP contribution in [0.15, 0.2) is 24.3 Å². The van der Waals surface area contributed by atoms with Gasteiger partial charge >= 0.3 is 0 Å². The summed E-state index contributed by atoms with van der Waals surface area (Å²) in [7, 11) is 1.98. The van der Waals surface area contributed by atoms with Crippen molar-refractivity contribution in [1.29, 1.82) is 0 Å². The third-order valence-corrected chi connectivity index (χ3v) is 3.02. The van der Waals surface area contributed by atoms with Gasteiger partial charge in [0.15, 0.2) is 0 Å². The number of benzene rings is 1. The molecular weight excluding hydrogens is 200 g/mol. The Bertz CT molecular complexity index is 502. The van der Waals surface area contributed by atoms with Crippen molar-refractivity contribution in [2.24, 2.45) is 12.8 Å². The molecule has 1 atom stereocenters. The van der Waals surface area contributed by atoms with Crippen LogP contribution in [0.5, 0.6) is 0 Å². The lowest BCUT2D eigenvalue weighted by atomic mass is 10.1. The Labute approximate surface area is 95.5 Å². The molecule has 0 amide bonds. The molecule has 0 spiro atoms. The minimum Gasteiger partial charge on any atom is -0.387 e. The van der Waals surface area contributed by atoms with E-state index in [-0.39, 0.29) is 0 Å². The molecule has 3 N–H and O–H groups in total. The average Bonchev–Trinajstić information content (AvgIpc) is 2.56. The number of aryl methyl sites for hydroxylation is 2. The van der Waals surface area contributed by atoms with Crippen LogP contribution in [-0.2, 0) is 7.05 Å². The Balaban J connectivity index is 2.51. The van der Waals surface area contributed by atoms with E-state index in [1.54, 1.807) is 0 Å². The van der Waals surface area contributed by atoms with E-state index in [2.05, 4.69) is 25.1 Å². The number of aliphatic hydroxyl groups excluding tert-OH is 1. The molecule has 0 fully saturated rings.